The summed E-state index contributed by atoms with van der Waals surface area (Å²) in [6, 6.07) is 5.18. The van der Waals surface area contributed by atoms with Gasteiger partial charge in [0, 0.05) is 5.54 Å². The first-order chi connectivity index (χ1) is 9.09. The fourth-order valence-electron chi connectivity index (χ4n) is 3.38. The molecule has 2 atom stereocenters. The molecule has 1 aromatic carbocycles. The van der Waals surface area contributed by atoms with Crippen LogP contribution in [0.25, 0.3) is 0 Å². The molecule has 2 nitrogen and oxygen atoms in total. The second-order valence-electron chi connectivity index (χ2n) is 5.73. The number of hydrogen-bond acceptors (Lipinski definition) is 2. The number of methoxy groups -OCH3 is 1. The maximum atomic E-state index is 13.7. The average Bonchev–Trinajstić information content (AvgIpc) is 2.39. The summed E-state index contributed by atoms with van der Waals surface area (Å²) in [5.41, 5.74) is 7.41. The SMILES string of the molecule is CCC1CCCCC1(N)Cc1ccc(OC)c(F)c1. The van der Waals surface area contributed by atoms with Crippen LogP contribution >= 0.6 is 0 Å². The lowest BCUT2D eigenvalue weighted by atomic mass is 9.69. The van der Waals surface area contributed by atoms with E-state index >= 15 is 0 Å². The van der Waals surface area contributed by atoms with Gasteiger partial charge in [-0.2, -0.15) is 0 Å². The van der Waals surface area contributed by atoms with E-state index in [0.29, 0.717) is 11.7 Å². The van der Waals surface area contributed by atoms with Crippen molar-refractivity contribution < 1.29 is 9.13 Å². The van der Waals surface area contributed by atoms with Gasteiger partial charge in [-0.1, -0.05) is 32.3 Å². The monoisotopic (exact) mass is 265 g/mol. The summed E-state index contributed by atoms with van der Waals surface area (Å²) in [5.74, 6) is 0.546. The second kappa shape index (κ2) is 5.91. The van der Waals surface area contributed by atoms with Crippen molar-refractivity contribution in [1.29, 1.82) is 0 Å². The molecule has 1 aromatic rings. The zero-order chi connectivity index (χ0) is 13.9. The van der Waals surface area contributed by atoms with E-state index in [-0.39, 0.29) is 11.4 Å². The van der Waals surface area contributed by atoms with Crippen LogP contribution < -0.4 is 10.5 Å². The van der Waals surface area contributed by atoms with Crippen LogP contribution in [-0.2, 0) is 6.42 Å². The minimum absolute atomic E-state index is 0.173. The minimum atomic E-state index is -0.299. The Morgan fingerprint density at radius 3 is 2.84 bits per heavy atom. The molecule has 106 valence electrons. The molecular formula is C16H24FNO. The van der Waals surface area contributed by atoms with Crippen molar-refractivity contribution >= 4 is 0 Å². The number of nitrogens with two attached hydrogens (primary N) is 1. The van der Waals surface area contributed by atoms with Gasteiger partial charge in [0.2, 0.25) is 0 Å². The van der Waals surface area contributed by atoms with Gasteiger partial charge in [0.15, 0.2) is 11.6 Å². The smallest absolute Gasteiger partial charge is 0.165 e. The van der Waals surface area contributed by atoms with E-state index in [1.165, 1.54) is 26.4 Å². The Labute approximate surface area is 115 Å². The lowest BCUT2D eigenvalue weighted by Crippen LogP contribution is -2.50. The predicted octanol–water partition coefficient (Wildman–Crippen LogP) is 3.67. The zero-order valence-corrected chi connectivity index (χ0v) is 11.9. The molecule has 1 aliphatic rings. The molecule has 0 spiro atoms. The van der Waals surface area contributed by atoms with Crippen LogP contribution in [0.1, 0.15) is 44.6 Å². The van der Waals surface area contributed by atoms with Gasteiger partial charge in [0.25, 0.3) is 0 Å². The summed E-state index contributed by atoms with van der Waals surface area (Å²) in [4.78, 5) is 0. The van der Waals surface area contributed by atoms with Crippen molar-refractivity contribution in [2.75, 3.05) is 7.11 Å². The summed E-state index contributed by atoms with van der Waals surface area (Å²) in [5, 5.41) is 0. The summed E-state index contributed by atoms with van der Waals surface area (Å²) < 4.78 is 18.7. The summed E-state index contributed by atoms with van der Waals surface area (Å²) in [6.45, 7) is 2.20. The van der Waals surface area contributed by atoms with E-state index in [1.807, 2.05) is 6.07 Å². The van der Waals surface area contributed by atoms with Crippen molar-refractivity contribution in [3.8, 4) is 5.75 Å². The summed E-state index contributed by atoms with van der Waals surface area (Å²) in [6.07, 6.45) is 6.56. The van der Waals surface area contributed by atoms with Crippen LogP contribution in [0, 0.1) is 11.7 Å². The van der Waals surface area contributed by atoms with Gasteiger partial charge in [-0.15, -0.1) is 0 Å². The third kappa shape index (κ3) is 3.08. The topological polar surface area (TPSA) is 35.2 Å². The first kappa shape index (κ1) is 14.3. The molecule has 0 bridgehead atoms. The van der Waals surface area contributed by atoms with Gasteiger partial charge in [-0.3, -0.25) is 0 Å². The van der Waals surface area contributed by atoms with Gasteiger partial charge < -0.3 is 10.5 Å². The van der Waals surface area contributed by atoms with Crippen LogP contribution in [0.15, 0.2) is 18.2 Å². The molecule has 0 amide bonds. The number of ether oxygens (including phenoxy) is 1. The zero-order valence-electron chi connectivity index (χ0n) is 11.9. The lowest BCUT2D eigenvalue weighted by Gasteiger charge is -2.41. The molecule has 2 rings (SSSR count). The Hall–Kier alpha value is -1.09. The van der Waals surface area contributed by atoms with Gasteiger partial charge in [0.05, 0.1) is 7.11 Å². The molecule has 1 aliphatic carbocycles. The fraction of sp³-hybridized carbons (Fsp3) is 0.625. The van der Waals surface area contributed by atoms with Gasteiger partial charge in [0.1, 0.15) is 0 Å². The van der Waals surface area contributed by atoms with Crippen molar-refractivity contribution in [2.24, 2.45) is 11.7 Å². The summed E-state index contributed by atoms with van der Waals surface area (Å²) >= 11 is 0. The van der Waals surface area contributed by atoms with Gasteiger partial charge in [-0.25, -0.2) is 4.39 Å². The quantitative estimate of drug-likeness (QED) is 0.901. The van der Waals surface area contributed by atoms with Gasteiger partial charge in [-0.05, 0) is 42.9 Å². The highest BCUT2D eigenvalue weighted by Gasteiger charge is 2.36. The normalized spacial score (nSPS) is 27.3. The third-order valence-electron chi connectivity index (χ3n) is 4.50. The average molecular weight is 265 g/mol. The Morgan fingerprint density at radius 2 is 2.21 bits per heavy atom. The largest absolute Gasteiger partial charge is 0.494 e. The standard InChI is InChI=1S/C16H24FNO/c1-3-13-6-4-5-9-16(13,18)11-12-7-8-15(19-2)14(17)10-12/h7-8,10,13H,3-6,9,11,18H2,1-2H3. The van der Waals surface area contributed by atoms with Crippen LogP contribution in [0.3, 0.4) is 0 Å². The van der Waals surface area contributed by atoms with Gasteiger partial charge >= 0.3 is 0 Å². The molecule has 0 aromatic heterocycles. The van der Waals surface area contributed by atoms with E-state index in [9.17, 15) is 4.39 Å². The molecule has 3 heteroatoms. The number of hydrogen-bond donors (Lipinski definition) is 1. The molecule has 1 saturated carbocycles. The van der Waals surface area contributed by atoms with Crippen molar-refractivity contribution in [3.05, 3.63) is 29.6 Å². The van der Waals surface area contributed by atoms with Crippen molar-refractivity contribution in [1.82, 2.24) is 0 Å². The van der Waals surface area contributed by atoms with Crippen LogP contribution in [0.2, 0.25) is 0 Å². The van der Waals surface area contributed by atoms with E-state index in [2.05, 4.69) is 6.92 Å². The highest BCUT2D eigenvalue weighted by molar-refractivity contribution is 5.30. The van der Waals surface area contributed by atoms with E-state index in [1.54, 1.807) is 12.1 Å². The summed E-state index contributed by atoms with van der Waals surface area (Å²) in [7, 11) is 1.48. The number of rotatable bonds is 4. The van der Waals surface area contributed by atoms with Crippen molar-refractivity contribution in [3.63, 3.8) is 0 Å². The first-order valence-corrected chi connectivity index (χ1v) is 7.20. The molecule has 0 saturated heterocycles. The Kier molecular flexibility index (Phi) is 4.46. The molecule has 1 fully saturated rings. The highest BCUT2D eigenvalue weighted by atomic mass is 19.1. The Bertz CT molecular complexity index is 435. The molecule has 2 N–H and O–H groups in total. The van der Waals surface area contributed by atoms with E-state index < -0.39 is 0 Å². The lowest BCUT2D eigenvalue weighted by molar-refractivity contribution is 0.182. The third-order valence-corrected chi connectivity index (χ3v) is 4.50. The first-order valence-electron chi connectivity index (χ1n) is 7.20. The van der Waals surface area contributed by atoms with Crippen LogP contribution in [0.5, 0.6) is 5.75 Å². The molecular weight excluding hydrogens is 241 g/mol. The maximum absolute atomic E-state index is 13.7. The van der Waals surface area contributed by atoms with Crippen LogP contribution in [-0.4, -0.2) is 12.6 Å². The highest BCUT2D eigenvalue weighted by Crippen LogP contribution is 2.36. The van der Waals surface area contributed by atoms with Crippen LogP contribution in [0.4, 0.5) is 4.39 Å². The van der Waals surface area contributed by atoms with E-state index in [0.717, 1.165) is 24.8 Å². The Balaban J connectivity index is 2.16. The van der Waals surface area contributed by atoms with Crippen molar-refractivity contribution in [2.45, 2.75) is 51.0 Å². The molecule has 2 unspecified atom stereocenters. The number of benzene rings is 1. The molecule has 19 heavy (non-hydrogen) atoms. The number of halogens is 1. The predicted molar refractivity (Wildman–Crippen MR) is 75.8 cm³/mol. The second-order valence-corrected chi connectivity index (χ2v) is 5.73. The maximum Gasteiger partial charge on any atom is 0.165 e. The molecule has 0 aliphatic heterocycles. The fourth-order valence-corrected chi connectivity index (χ4v) is 3.38. The molecule has 0 radical (unpaired) electrons. The minimum Gasteiger partial charge on any atom is -0.494 e. The molecule has 0 heterocycles. The Morgan fingerprint density at radius 1 is 1.42 bits per heavy atom. The van der Waals surface area contributed by atoms with E-state index in [4.69, 9.17) is 10.5 Å².